The molecular weight excluding hydrogens is 166 g/mol. The molecule has 0 saturated carbocycles. The first kappa shape index (κ1) is 9.74. The highest BCUT2D eigenvalue weighted by Crippen LogP contribution is 2.21. The number of rotatable bonds is 2. The lowest BCUT2D eigenvalue weighted by atomic mass is 9.92. The highest BCUT2D eigenvalue weighted by Gasteiger charge is 2.26. The Labute approximate surface area is 77.3 Å². The molecule has 70 valence electrons. The minimum absolute atomic E-state index is 0.277. The Morgan fingerprint density at radius 1 is 1.31 bits per heavy atom. The van der Waals surface area contributed by atoms with Crippen LogP contribution in [0.3, 0.4) is 0 Å². The minimum atomic E-state index is -1.20. The monoisotopic (exact) mass is 179 g/mol. The van der Waals surface area contributed by atoms with Crippen LogP contribution in [0.2, 0.25) is 0 Å². The van der Waals surface area contributed by atoms with Crippen molar-refractivity contribution in [1.29, 1.82) is 0 Å². The molecular formula is C10H13NO2. The summed E-state index contributed by atoms with van der Waals surface area (Å²) in [6, 6.07) is 9.09. The smallest absolute Gasteiger partial charge is 0.128 e. The predicted octanol–water partition coefficient (Wildman–Crippen LogP) is 1.74. The molecule has 0 heterocycles. The molecule has 0 aromatic heterocycles. The third kappa shape index (κ3) is 1.87. The van der Waals surface area contributed by atoms with Gasteiger partial charge in [-0.2, -0.15) is 0 Å². The van der Waals surface area contributed by atoms with Crippen molar-refractivity contribution in [2.45, 2.75) is 19.4 Å². The normalized spacial score (nSPS) is 16.7. The third-order valence-electron chi connectivity index (χ3n) is 2.19. The van der Waals surface area contributed by atoms with Gasteiger partial charge in [-0.1, -0.05) is 35.5 Å². The molecule has 0 spiro atoms. The maximum absolute atomic E-state index is 9.96. The molecule has 0 aliphatic rings. The molecule has 0 bridgehead atoms. The molecule has 1 unspecified atom stereocenters. The summed E-state index contributed by atoms with van der Waals surface area (Å²) in [5, 5.41) is 21.5. The van der Waals surface area contributed by atoms with E-state index >= 15 is 0 Å². The number of aliphatic hydroxyl groups is 1. The zero-order chi connectivity index (χ0) is 9.90. The van der Waals surface area contributed by atoms with Gasteiger partial charge in [0.15, 0.2) is 0 Å². The number of hydrogen-bond acceptors (Lipinski definition) is 3. The summed E-state index contributed by atoms with van der Waals surface area (Å²) >= 11 is 0. The van der Waals surface area contributed by atoms with Gasteiger partial charge in [-0.25, -0.2) is 0 Å². The van der Waals surface area contributed by atoms with Crippen LogP contribution in [0.25, 0.3) is 0 Å². The van der Waals surface area contributed by atoms with Crippen molar-refractivity contribution in [3.63, 3.8) is 0 Å². The molecule has 0 amide bonds. The number of oxime groups is 1. The van der Waals surface area contributed by atoms with Gasteiger partial charge in [-0.05, 0) is 19.4 Å². The van der Waals surface area contributed by atoms with Crippen LogP contribution in [-0.4, -0.2) is 16.0 Å². The maximum atomic E-state index is 9.96. The van der Waals surface area contributed by atoms with Crippen molar-refractivity contribution in [3.8, 4) is 0 Å². The van der Waals surface area contributed by atoms with Gasteiger partial charge in [0.2, 0.25) is 0 Å². The maximum Gasteiger partial charge on any atom is 0.128 e. The van der Waals surface area contributed by atoms with Crippen molar-refractivity contribution < 1.29 is 10.3 Å². The van der Waals surface area contributed by atoms with Crippen molar-refractivity contribution in [3.05, 3.63) is 35.9 Å². The molecule has 1 rings (SSSR count). The Hall–Kier alpha value is -1.35. The van der Waals surface area contributed by atoms with Gasteiger partial charge in [0.05, 0.1) is 5.71 Å². The quantitative estimate of drug-likeness (QED) is 0.413. The van der Waals surface area contributed by atoms with E-state index in [4.69, 9.17) is 5.21 Å². The van der Waals surface area contributed by atoms with Crippen molar-refractivity contribution in [2.75, 3.05) is 0 Å². The second kappa shape index (κ2) is 3.58. The first-order valence-corrected chi connectivity index (χ1v) is 4.06. The fourth-order valence-corrected chi connectivity index (χ4v) is 1.07. The number of benzene rings is 1. The van der Waals surface area contributed by atoms with E-state index in [1.807, 2.05) is 18.2 Å². The van der Waals surface area contributed by atoms with E-state index in [-0.39, 0.29) is 5.71 Å². The van der Waals surface area contributed by atoms with E-state index in [0.29, 0.717) is 5.56 Å². The molecule has 1 aromatic carbocycles. The van der Waals surface area contributed by atoms with Gasteiger partial charge >= 0.3 is 0 Å². The average Bonchev–Trinajstić information content (AvgIpc) is 2.18. The third-order valence-corrected chi connectivity index (χ3v) is 2.19. The summed E-state index contributed by atoms with van der Waals surface area (Å²) in [5.41, 5.74) is -0.209. The molecule has 0 fully saturated rings. The van der Waals surface area contributed by atoms with Crippen molar-refractivity contribution >= 4 is 5.71 Å². The van der Waals surface area contributed by atoms with Gasteiger partial charge in [0.1, 0.15) is 5.60 Å². The Kier molecular flexibility index (Phi) is 2.68. The molecule has 0 aliphatic carbocycles. The van der Waals surface area contributed by atoms with Crippen LogP contribution in [0.15, 0.2) is 35.5 Å². The second-order valence-corrected chi connectivity index (χ2v) is 3.12. The Bertz CT molecular complexity index is 304. The van der Waals surface area contributed by atoms with E-state index in [1.165, 1.54) is 0 Å². The van der Waals surface area contributed by atoms with Gasteiger partial charge in [0, 0.05) is 0 Å². The van der Waals surface area contributed by atoms with E-state index in [2.05, 4.69) is 5.16 Å². The Morgan fingerprint density at radius 2 is 1.85 bits per heavy atom. The van der Waals surface area contributed by atoms with Crippen molar-refractivity contribution in [2.24, 2.45) is 5.16 Å². The topological polar surface area (TPSA) is 52.8 Å². The van der Waals surface area contributed by atoms with E-state index in [1.54, 1.807) is 26.0 Å². The summed E-state index contributed by atoms with van der Waals surface area (Å²) in [7, 11) is 0. The average molecular weight is 179 g/mol. The van der Waals surface area contributed by atoms with Crippen LogP contribution in [-0.2, 0) is 5.60 Å². The first-order valence-electron chi connectivity index (χ1n) is 4.06. The van der Waals surface area contributed by atoms with Crippen LogP contribution < -0.4 is 0 Å². The largest absolute Gasteiger partial charge is 0.411 e. The lowest BCUT2D eigenvalue weighted by Crippen LogP contribution is -2.30. The lowest BCUT2D eigenvalue weighted by molar-refractivity contribution is 0.126. The molecule has 0 saturated heterocycles. The van der Waals surface area contributed by atoms with Crippen molar-refractivity contribution in [1.82, 2.24) is 0 Å². The zero-order valence-corrected chi connectivity index (χ0v) is 7.73. The highest BCUT2D eigenvalue weighted by molar-refractivity contribution is 5.90. The lowest BCUT2D eigenvalue weighted by Gasteiger charge is -2.22. The number of hydrogen-bond donors (Lipinski definition) is 2. The molecule has 2 N–H and O–H groups in total. The first-order chi connectivity index (χ1) is 6.09. The molecule has 1 aromatic rings. The van der Waals surface area contributed by atoms with Crippen LogP contribution in [0, 0.1) is 0 Å². The molecule has 1 atom stereocenters. The van der Waals surface area contributed by atoms with Crippen LogP contribution in [0.5, 0.6) is 0 Å². The standard InChI is InChI=1S/C10H13NO2/c1-8(11-13)10(2,12)9-6-4-3-5-7-9/h3-7,12-13H,1-2H3/b11-8+. The van der Waals surface area contributed by atoms with Crippen LogP contribution in [0.4, 0.5) is 0 Å². The fourth-order valence-electron chi connectivity index (χ4n) is 1.07. The zero-order valence-electron chi connectivity index (χ0n) is 7.73. The molecule has 0 aliphatic heterocycles. The Balaban J connectivity index is 3.08. The van der Waals surface area contributed by atoms with E-state index in [0.717, 1.165) is 0 Å². The van der Waals surface area contributed by atoms with Gasteiger partial charge < -0.3 is 10.3 Å². The highest BCUT2D eigenvalue weighted by atomic mass is 16.4. The summed E-state index contributed by atoms with van der Waals surface area (Å²) in [4.78, 5) is 0. The molecule has 13 heavy (non-hydrogen) atoms. The summed E-state index contributed by atoms with van der Waals surface area (Å²) in [6.45, 7) is 3.17. The summed E-state index contributed by atoms with van der Waals surface area (Å²) in [6.07, 6.45) is 0. The Morgan fingerprint density at radius 3 is 2.31 bits per heavy atom. The minimum Gasteiger partial charge on any atom is -0.411 e. The molecule has 3 nitrogen and oxygen atoms in total. The van der Waals surface area contributed by atoms with Gasteiger partial charge in [-0.15, -0.1) is 0 Å². The molecule has 3 heteroatoms. The van der Waals surface area contributed by atoms with E-state index in [9.17, 15) is 5.11 Å². The predicted molar refractivity (Wildman–Crippen MR) is 50.9 cm³/mol. The second-order valence-electron chi connectivity index (χ2n) is 3.12. The summed E-state index contributed by atoms with van der Waals surface area (Å²) < 4.78 is 0. The van der Waals surface area contributed by atoms with Crippen LogP contribution in [0.1, 0.15) is 19.4 Å². The van der Waals surface area contributed by atoms with Gasteiger partial charge in [0.25, 0.3) is 0 Å². The van der Waals surface area contributed by atoms with Gasteiger partial charge in [-0.3, -0.25) is 0 Å². The summed E-state index contributed by atoms with van der Waals surface area (Å²) in [5.74, 6) is 0. The SMILES string of the molecule is C/C(=N\O)C(C)(O)c1ccccc1. The fraction of sp³-hybridized carbons (Fsp3) is 0.300. The van der Waals surface area contributed by atoms with E-state index < -0.39 is 5.60 Å². The molecule has 0 radical (unpaired) electrons. The number of nitrogens with zero attached hydrogens (tertiary/aromatic N) is 1. The van der Waals surface area contributed by atoms with Crippen LogP contribution >= 0.6 is 0 Å².